The molecule has 6 heteroatoms. The first-order valence-corrected chi connectivity index (χ1v) is 7.68. The molecule has 1 saturated carbocycles. The minimum absolute atomic E-state index is 0.0842. The van der Waals surface area contributed by atoms with Crippen LogP contribution in [0.2, 0.25) is 5.02 Å². The minimum atomic E-state index is -0.481. The van der Waals surface area contributed by atoms with Crippen molar-refractivity contribution in [3.8, 4) is 5.75 Å². The zero-order chi connectivity index (χ0) is 15.4. The van der Waals surface area contributed by atoms with E-state index in [1.165, 1.54) is 25.0 Å². The number of nitrogens with two attached hydrogens (primary N) is 1. The molecular weight excluding hydrogens is 292 g/mol. The Bertz CT molecular complexity index is 522. The number of nitrogens with zero attached hydrogens (tertiary/aromatic N) is 1. The van der Waals surface area contributed by atoms with Crippen molar-refractivity contribution in [2.75, 3.05) is 13.2 Å². The van der Waals surface area contributed by atoms with Gasteiger partial charge in [0.2, 0.25) is 0 Å². The summed E-state index contributed by atoms with van der Waals surface area (Å²) in [6.45, 7) is 3.07. The van der Waals surface area contributed by atoms with Gasteiger partial charge in [-0.25, -0.2) is 0 Å². The van der Waals surface area contributed by atoms with E-state index in [1.54, 1.807) is 6.92 Å². The molecule has 0 aliphatic heterocycles. The van der Waals surface area contributed by atoms with Crippen LogP contribution in [0.4, 0.5) is 5.69 Å². The van der Waals surface area contributed by atoms with Crippen LogP contribution in [0.1, 0.15) is 31.2 Å². The fourth-order valence-electron chi connectivity index (χ4n) is 2.95. The van der Waals surface area contributed by atoms with Gasteiger partial charge in [-0.1, -0.05) is 24.4 Å². The average molecular weight is 313 g/mol. The van der Waals surface area contributed by atoms with E-state index in [0.717, 1.165) is 18.4 Å². The van der Waals surface area contributed by atoms with Gasteiger partial charge in [-0.05, 0) is 43.7 Å². The van der Waals surface area contributed by atoms with Crippen LogP contribution in [0.5, 0.6) is 5.75 Å². The van der Waals surface area contributed by atoms with Crippen LogP contribution in [0.25, 0.3) is 0 Å². The van der Waals surface area contributed by atoms with Gasteiger partial charge in [-0.3, -0.25) is 10.1 Å². The van der Waals surface area contributed by atoms with Gasteiger partial charge in [-0.2, -0.15) is 0 Å². The summed E-state index contributed by atoms with van der Waals surface area (Å²) in [6, 6.07) is 2.99. The second kappa shape index (κ2) is 7.09. The van der Waals surface area contributed by atoms with Crippen molar-refractivity contribution in [2.24, 2.45) is 17.6 Å². The van der Waals surface area contributed by atoms with Crippen LogP contribution in [0, 0.1) is 28.9 Å². The van der Waals surface area contributed by atoms with E-state index in [2.05, 4.69) is 0 Å². The summed E-state index contributed by atoms with van der Waals surface area (Å²) in [4.78, 5) is 10.4. The number of aryl methyl sites for hydroxylation is 1. The van der Waals surface area contributed by atoms with E-state index in [0.29, 0.717) is 30.7 Å². The topological polar surface area (TPSA) is 78.4 Å². The Morgan fingerprint density at radius 3 is 2.67 bits per heavy atom. The van der Waals surface area contributed by atoms with Crippen LogP contribution in [-0.4, -0.2) is 18.1 Å². The van der Waals surface area contributed by atoms with E-state index in [1.807, 2.05) is 0 Å². The molecule has 1 aliphatic carbocycles. The molecule has 0 saturated heterocycles. The maximum absolute atomic E-state index is 10.8. The summed E-state index contributed by atoms with van der Waals surface area (Å²) >= 11 is 5.93. The predicted octanol–water partition coefficient (Wildman–Crippen LogP) is 3.70. The monoisotopic (exact) mass is 312 g/mol. The van der Waals surface area contributed by atoms with Crippen molar-refractivity contribution in [2.45, 2.75) is 32.6 Å². The molecular formula is C15H21ClN2O3. The lowest BCUT2D eigenvalue weighted by molar-refractivity contribution is -0.384. The van der Waals surface area contributed by atoms with Crippen LogP contribution in [0.3, 0.4) is 0 Å². The molecule has 0 spiro atoms. The summed E-state index contributed by atoms with van der Waals surface area (Å²) in [7, 11) is 0. The van der Waals surface area contributed by atoms with E-state index in [9.17, 15) is 10.1 Å². The van der Waals surface area contributed by atoms with E-state index in [-0.39, 0.29) is 10.7 Å². The lowest BCUT2D eigenvalue weighted by Gasteiger charge is -2.30. The number of nitro groups is 1. The molecule has 0 aromatic heterocycles. The maximum atomic E-state index is 10.8. The van der Waals surface area contributed by atoms with Crippen molar-refractivity contribution in [3.63, 3.8) is 0 Å². The highest BCUT2D eigenvalue weighted by molar-refractivity contribution is 6.32. The second-order valence-corrected chi connectivity index (χ2v) is 6.08. The number of hydrogen-bond donors (Lipinski definition) is 1. The average Bonchev–Trinajstić information content (AvgIpc) is 2.47. The molecule has 21 heavy (non-hydrogen) atoms. The Kier molecular flexibility index (Phi) is 5.42. The van der Waals surface area contributed by atoms with Crippen LogP contribution in [0.15, 0.2) is 12.1 Å². The number of halogens is 1. The first-order valence-electron chi connectivity index (χ1n) is 7.30. The van der Waals surface area contributed by atoms with E-state index >= 15 is 0 Å². The highest BCUT2D eigenvalue weighted by atomic mass is 35.5. The molecule has 0 radical (unpaired) electrons. The number of ether oxygens (including phenoxy) is 1. The third-order valence-corrected chi connectivity index (χ3v) is 4.57. The zero-order valence-corrected chi connectivity index (χ0v) is 12.9. The minimum Gasteiger partial charge on any atom is -0.493 e. The summed E-state index contributed by atoms with van der Waals surface area (Å²) in [6.07, 6.45) is 4.73. The predicted molar refractivity (Wildman–Crippen MR) is 82.8 cm³/mol. The van der Waals surface area contributed by atoms with Gasteiger partial charge in [0.15, 0.2) is 0 Å². The van der Waals surface area contributed by atoms with Gasteiger partial charge >= 0.3 is 0 Å². The van der Waals surface area contributed by atoms with Crippen LogP contribution in [-0.2, 0) is 0 Å². The molecule has 1 aromatic carbocycles. The van der Waals surface area contributed by atoms with E-state index < -0.39 is 4.92 Å². The largest absolute Gasteiger partial charge is 0.493 e. The third-order valence-electron chi connectivity index (χ3n) is 4.26. The quantitative estimate of drug-likeness (QED) is 0.664. The summed E-state index contributed by atoms with van der Waals surface area (Å²) in [5.74, 6) is 1.58. The van der Waals surface area contributed by atoms with Crippen molar-refractivity contribution >= 4 is 17.3 Å². The van der Waals surface area contributed by atoms with Gasteiger partial charge in [-0.15, -0.1) is 0 Å². The fraction of sp³-hybridized carbons (Fsp3) is 0.600. The number of benzene rings is 1. The molecule has 1 aromatic rings. The SMILES string of the molecule is Cc1cc([N+](=O)[O-])c(Cl)cc1OCC1CCCCC1CN. The van der Waals surface area contributed by atoms with Crippen molar-refractivity contribution in [1.82, 2.24) is 0 Å². The highest BCUT2D eigenvalue weighted by Gasteiger charge is 2.25. The molecule has 0 heterocycles. The zero-order valence-electron chi connectivity index (χ0n) is 12.2. The molecule has 116 valence electrons. The normalized spacial score (nSPS) is 22.0. The molecule has 2 N–H and O–H groups in total. The molecule has 1 fully saturated rings. The molecule has 2 rings (SSSR count). The van der Waals surface area contributed by atoms with Crippen LogP contribution < -0.4 is 10.5 Å². The van der Waals surface area contributed by atoms with Crippen LogP contribution >= 0.6 is 11.6 Å². The first kappa shape index (κ1) is 16.0. The number of rotatable bonds is 5. The fourth-order valence-corrected chi connectivity index (χ4v) is 3.18. The lowest BCUT2D eigenvalue weighted by atomic mass is 9.80. The third kappa shape index (κ3) is 3.86. The Morgan fingerprint density at radius 2 is 2.05 bits per heavy atom. The Balaban J connectivity index is 2.06. The summed E-state index contributed by atoms with van der Waals surface area (Å²) < 4.78 is 5.86. The van der Waals surface area contributed by atoms with Gasteiger partial charge in [0.25, 0.3) is 5.69 Å². The van der Waals surface area contributed by atoms with Gasteiger partial charge in [0.05, 0.1) is 11.5 Å². The van der Waals surface area contributed by atoms with Crippen molar-refractivity contribution in [3.05, 3.63) is 32.8 Å². The van der Waals surface area contributed by atoms with Gasteiger partial charge in [0.1, 0.15) is 10.8 Å². The Morgan fingerprint density at radius 1 is 1.38 bits per heavy atom. The van der Waals surface area contributed by atoms with Gasteiger partial charge in [0, 0.05) is 12.1 Å². The molecule has 0 amide bonds. The van der Waals surface area contributed by atoms with E-state index in [4.69, 9.17) is 22.1 Å². The second-order valence-electron chi connectivity index (χ2n) is 5.68. The van der Waals surface area contributed by atoms with Gasteiger partial charge < -0.3 is 10.5 Å². The standard InChI is InChI=1S/C15H21ClN2O3/c1-10-6-14(18(19)20)13(16)7-15(10)21-9-12-5-3-2-4-11(12)8-17/h6-7,11-12H,2-5,8-9,17H2,1H3. The summed E-state index contributed by atoms with van der Waals surface area (Å²) in [5.41, 5.74) is 6.46. The molecule has 0 bridgehead atoms. The highest BCUT2D eigenvalue weighted by Crippen LogP contribution is 2.34. The molecule has 5 nitrogen and oxygen atoms in total. The molecule has 2 unspecified atom stereocenters. The number of hydrogen-bond acceptors (Lipinski definition) is 4. The molecule has 1 aliphatic rings. The summed E-state index contributed by atoms with van der Waals surface area (Å²) in [5, 5.41) is 10.9. The maximum Gasteiger partial charge on any atom is 0.288 e. The van der Waals surface area contributed by atoms with Crippen molar-refractivity contribution in [1.29, 1.82) is 0 Å². The first-order chi connectivity index (χ1) is 10.0. The number of nitro benzene ring substituents is 1. The Hall–Kier alpha value is -1.33. The smallest absolute Gasteiger partial charge is 0.288 e. The van der Waals surface area contributed by atoms with Crippen molar-refractivity contribution < 1.29 is 9.66 Å². The Labute approximate surface area is 129 Å². The lowest BCUT2D eigenvalue weighted by Crippen LogP contribution is -2.30. The molecule has 2 atom stereocenters.